The van der Waals surface area contributed by atoms with Crippen molar-refractivity contribution >= 4 is 28.5 Å². The number of nitrogens with zero attached hydrogens (tertiary/aromatic N) is 2. The first-order chi connectivity index (χ1) is 12.1. The normalized spacial score (nSPS) is 22.5. The van der Waals surface area contributed by atoms with E-state index in [1.165, 1.54) is 0 Å². The molecule has 7 heteroatoms. The van der Waals surface area contributed by atoms with Gasteiger partial charge in [-0.15, -0.1) is 0 Å². The fourth-order valence-electron chi connectivity index (χ4n) is 3.62. The van der Waals surface area contributed by atoms with E-state index in [2.05, 4.69) is 9.88 Å². The maximum atomic E-state index is 12.4. The van der Waals surface area contributed by atoms with Crippen LogP contribution in [0.25, 0.3) is 10.9 Å². The van der Waals surface area contributed by atoms with Crippen molar-refractivity contribution in [3.8, 4) is 11.5 Å². The summed E-state index contributed by atoms with van der Waals surface area (Å²) in [7, 11) is 1.99. The molecular formula is C18H19ClN2O4. The van der Waals surface area contributed by atoms with E-state index in [9.17, 15) is 4.79 Å². The number of esters is 1. The van der Waals surface area contributed by atoms with Crippen LogP contribution in [0.4, 0.5) is 0 Å². The summed E-state index contributed by atoms with van der Waals surface area (Å²) >= 11 is 6.48. The number of aromatic nitrogens is 1. The molecule has 0 saturated carbocycles. The van der Waals surface area contributed by atoms with Crippen LogP contribution in [-0.4, -0.2) is 49.4 Å². The molecule has 0 spiro atoms. The van der Waals surface area contributed by atoms with Crippen LogP contribution >= 0.6 is 11.6 Å². The minimum atomic E-state index is -0.240. The zero-order chi connectivity index (χ0) is 17.6. The quantitative estimate of drug-likeness (QED) is 0.618. The minimum absolute atomic E-state index is 0.0427. The van der Waals surface area contributed by atoms with Crippen LogP contribution in [0.5, 0.6) is 11.5 Å². The molecule has 2 atom stereocenters. The van der Waals surface area contributed by atoms with E-state index in [1.807, 2.05) is 32.2 Å². The van der Waals surface area contributed by atoms with Gasteiger partial charge >= 0.3 is 5.97 Å². The molecule has 0 radical (unpaired) electrons. The first-order valence-electron chi connectivity index (χ1n) is 8.31. The van der Waals surface area contributed by atoms with Crippen LogP contribution in [-0.2, 0) is 9.53 Å². The number of hydrogen-bond acceptors (Lipinski definition) is 6. The van der Waals surface area contributed by atoms with Crippen molar-refractivity contribution in [3.63, 3.8) is 0 Å². The van der Waals surface area contributed by atoms with E-state index in [0.29, 0.717) is 29.8 Å². The lowest BCUT2D eigenvalue weighted by Crippen LogP contribution is -2.24. The molecule has 2 aliphatic rings. The second kappa shape index (κ2) is 6.35. The summed E-state index contributed by atoms with van der Waals surface area (Å²) in [4.78, 5) is 19.0. The second-order valence-electron chi connectivity index (χ2n) is 6.45. The van der Waals surface area contributed by atoms with E-state index in [4.69, 9.17) is 25.8 Å². The number of benzene rings is 1. The van der Waals surface area contributed by atoms with Gasteiger partial charge in [-0.25, -0.2) is 4.98 Å². The number of carbonyl (C=O) groups excluding carboxylic acids is 1. The molecule has 0 N–H and O–H groups in total. The van der Waals surface area contributed by atoms with Crippen molar-refractivity contribution < 1.29 is 19.0 Å². The van der Waals surface area contributed by atoms with E-state index < -0.39 is 0 Å². The average molecular weight is 363 g/mol. The van der Waals surface area contributed by atoms with Crippen molar-refractivity contribution in [3.05, 3.63) is 28.9 Å². The van der Waals surface area contributed by atoms with Crippen molar-refractivity contribution in [2.75, 3.05) is 33.5 Å². The number of ether oxygens (including phenoxy) is 3. The van der Waals surface area contributed by atoms with Gasteiger partial charge in [0, 0.05) is 30.5 Å². The van der Waals surface area contributed by atoms with Gasteiger partial charge in [0.05, 0.1) is 18.0 Å². The van der Waals surface area contributed by atoms with Gasteiger partial charge < -0.3 is 19.1 Å². The van der Waals surface area contributed by atoms with Crippen LogP contribution in [0.2, 0.25) is 5.15 Å². The Hall–Kier alpha value is -2.05. The van der Waals surface area contributed by atoms with Gasteiger partial charge in [-0.1, -0.05) is 11.6 Å². The van der Waals surface area contributed by atoms with E-state index in [0.717, 1.165) is 23.0 Å². The van der Waals surface area contributed by atoms with Crippen LogP contribution < -0.4 is 9.47 Å². The lowest BCUT2D eigenvalue weighted by molar-refractivity contribution is -0.147. The zero-order valence-electron chi connectivity index (χ0n) is 14.1. The lowest BCUT2D eigenvalue weighted by Gasteiger charge is -2.19. The molecule has 1 saturated heterocycles. The molecule has 2 aliphatic heterocycles. The smallest absolute Gasteiger partial charge is 0.310 e. The first-order valence-corrected chi connectivity index (χ1v) is 8.69. The Morgan fingerprint density at radius 1 is 1.32 bits per heavy atom. The molecule has 0 unspecified atom stereocenters. The van der Waals surface area contributed by atoms with E-state index in [-0.39, 0.29) is 24.6 Å². The highest BCUT2D eigenvalue weighted by Crippen LogP contribution is 2.40. The molecule has 1 aromatic heterocycles. The van der Waals surface area contributed by atoms with Crippen LogP contribution in [0.3, 0.4) is 0 Å². The SMILES string of the molecule is CCOC(=O)[C@@H]1CN(C)C[C@H]1c1cc2cc3c(cc2nc1Cl)OCO3. The predicted molar refractivity (Wildman–Crippen MR) is 93.2 cm³/mol. The maximum Gasteiger partial charge on any atom is 0.310 e. The van der Waals surface area contributed by atoms with Gasteiger partial charge in [0.2, 0.25) is 6.79 Å². The van der Waals surface area contributed by atoms with Crippen LogP contribution in [0.1, 0.15) is 18.4 Å². The fraction of sp³-hybridized carbons (Fsp3) is 0.444. The summed E-state index contributed by atoms with van der Waals surface area (Å²) in [5.74, 6) is 0.912. The van der Waals surface area contributed by atoms with Crippen molar-refractivity contribution in [1.29, 1.82) is 0 Å². The Kier molecular flexibility index (Phi) is 4.17. The molecule has 0 aliphatic carbocycles. The van der Waals surface area contributed by atoms with Gasteiger partial charge in [0.15, 0.2) is 11.5 Å². The van der Waals surface area contributed by atoms with Crippen molar-refractivity contribution in [2.24, 2.45) is 5.92 Å². The summed E-state index contributed by atoms with van der Waals surface area (Å²) in [5.41, 5.74) is 1.62. The van der Waals surface area contributed by atoms with Gasteiger partial charge in [-0.05, 0) is 31.7 Å². The molecule has 0 amide bonds. The average Bonchev–Trinajstić information content (AvgIpc) is 3.18. The van der Waals surface area contributed by atoms with Gasteiger partial charge in [0.1, 0.15) is 5.15 Å². The summed E-state index contributed by atoms with van der Waals surface area (Å²) in [6.45, 7) is 3.79. The molecule has 4 rings (SSSR count). The van der Waals surface area contributed by atoms with E-state index in [1.54, 1.807) is 0 Å². The van der Waals surface area contributed by atoms with Crippen LogP contribution in [0, 0.1) is 5.92 Å². The standard InChI is InChI=1S/C18H19ClN2O4/c1-3-23-18(22)13-8-21(2)7-12(13)11-4-10-5-15-16(25-9-24-15)6-14(10)20-17(11)19/h4-6,12-13H,3,7-9H2,1-2H3/t12-,13+/m0/s1. The number of likely N-dealkylation sites (tertiary alicyclic amines) is 1. The molecule has 6 nitrogen and oxygen atoms in total. The zero-order valence-corrected chi connectivity index (χ0v) is 14.9. The molecular weight excluding hydrogens is 344 g/mol. The number of hydrogen-bond donors (Lipinski definition) is 0. The highest BCUT2D eigenvalue weighted by Gasteiger charge is 2.39. The highest BCUT2D eigenvalue weighted by atomic mass is 35.5. The topological polar surface area (TPSA) is 60.9 Å². The van der Waals surface area contributed by atoms with E-state index >= 15 is 0 Å². The Balaban J connectivity index is 1.75. The number of halogens is 1. The van der Waals surface area contributed by atoms with Crippen molar-refractivity contribution in [2.45, 2.75) is 12.8 Å². The molecule has 0 bridgehead atoms. The number of likely N-dealkylation sites (N-methyl/N-ethyl adjacent to an activating group) is 1. The molecule has 1 aromatic carbocycles. The Bertz CT molecular complexity index is 841. The van der Waals surface area contributed by atoms with Gasteiger partial charge in [-0.2, -0.15) is 0 Å². The molecule has 25 heavy (non-hydrogen) atoms. The highest BCUT2D eigenvalue weighted by molar-refractivity contribution is 6.30. The molecule has 3 heterocycles. The van der Waals surface area contributed by atoms with Gasteiger partial charge in [-0.3, -0.25) is 4.79 Å². The Labute approximate surface area is 150 Å². The fourth-order valence-corrected chi connectivity index (χ4v) is 3.91. The Morgan fingerprint density at radius 2 is 2.08 bits per heavy atom. The largest absolute Gasteiger partial charge is 0.466 e. The summed E-state index contributed by atoms with van der Waals surface area (Å²) in [5, 5.41) is 1.33. The Morgan fingerprint density at radius 3 is 2.84 bits per heavy atom. The second-order valence-corrected chi connectivity index (χ2v) is 6.81. The summed E-state index contributed by atoms with van der Waals surface area (Å²) in [6.07, 6.45) is 0. The third kappa shape index (κ3) is 2.89. The molecule has 2 aromatic rings. The predicted octanol–water partition coefficient (Wildman–Crippen LogP) is 2.83. The summed E-state index contributed by atoms with van der Waals surface area (Å²) in [6, 6.07) is 5.74. The maximum absolute atomic E-state index is 12.4. The van der Waals surface area contributed by atoms with Crippen LogP contribution in [0.15, 0.2) is 18.2 Å². The number of rotatable bonds is 3. The minimum Gasteiger partial charge on any atom is -0.466 e. The van der Waals surface area contributed by atoms with Gasteiger partial charge in [0.25, 0.3) is 0 Å². The molecule has 1 fully saturated rings. The first kappa shape index (κ1) is 16.4. The third-order valence-corrected chi connectivity index (χ3v) is 5.08. The monoisotopic (exact) mass is 362 g/mol. The lowest BCUT2D eigenvalue weighted by atomic mass is 9.89. The molecule has 132 valence electrons. The van der Waals surface area contributed by atoms with Crippen molar-refractivity contribution in [1.82, 2.24) is 9.88 Å². The third-order valence-electron chi connectivity index (χ3n) is 4.78. The number of carbonyl (C=O) groups is 1. The summed E-state index contributed by atoms with van der Waals surface area (Å²) < 4.78 is 16.1. The number of fused-ring (bicyclic) bond motifs is 2. The number of pyridine rings is 1.